The van der Waals surface area contributed by atoms with Gasteiger partial charge in [0.25, 0.3) is 0 Å². The summed E-state index contributed by atoms with van der Waals surface area (Å²) < 4.78 is 44.2. The van der Waals surface area contributed by atoms with E-state index < -0.39 is 18.7 Å². The van der Waals surface area contributed by atoms with Gasteiger partial charge in [0.05, 0.1) is 6.61 Å². The highest BCUT2D eigenvalue weighted by atomic mass is 35.5. The third-order valence-corrected chi connectivity index (χ3v) is 7.12. The Hall–Kier alpha value is -3.56. The number of hydrogen-bond acceptors (Lipinski definition) is 5. The number of carbonyl (C=O) groups is 1. The van der Waals surface area contributed by atoms with Crippen LogP contribution >= 0.6 is 23.2 Å². The second kappa shape index (κ2) is 11.7. The molecule has 0 aliphatic heterocycles. The number of esters is 1. The van der Waals surface area contributed by atoms with Crippen LogP contribution in [0.25, 0.3) is 10.9 Å². The third kappa shape index (κ3) is 6.72. The second-order valence-corrected chi connectivity index (χ2v) is 10.2. The zero-order valence-electron chi connectivity index (χ0n) is 20.6. The number of phenolic OH excluding ortho intramolecular Hbond substituents is 1. The fourth-order valence-electron chi connectivity index (χ4n) is 4.27. The lowest BCUT2D eigenvalue weighted by Gasteiger charge is -2.21. The van der Waals surface area contributed by atoms with Gasteiger partial charge in [0, 0.05) is 29.1 Å². The molecule has 1 aliphatic carbocycles. The third-order valence-electron chi connectivity index (χ3n) is 6.44. The molecule has 0 radical (unpaired) electrons. The fourth-order valence-corrected chi connectivity index (χ4v) is 4.80. The molecule has 0 amide bonds. The summed E-state index contributed by atoms with van der Waals surface area (Å²) in [6.07, 6.45) is 6.13. The Morgan fingerprint density at radius 2 is 1.85 bits per heavy atom. The summed E-state index contributed by atoms with van der Waals surface area (Å²) in [5, 5.41) is 11.2. The smallest absolute Gasteiger partial charge is 0.387 e. The first-order chi connectivity index (χ1) is 18.8. The minimum Gasteiger partial charge on any atom is -0.508 e. The molecule has 1 saturated carbocycles. The van der Waals surface area contributed by atoms with Crippen molar-refractivity contribution in [2.24, 2.45) is 5.92 Å². The number of benzene rings is 2. The molecule has 0 bridgehead atoms. The average Bonchev–Trinajstić information content (AvgIpc) is 3.64. The van der Waals surface area contributed by atoms with Gasteiger partial charge in [0.1, 0.15) is 28.4 Å². The molecule has 11 heteroatoms. The number of nitrogens with zero attached hydrogens (tertiary/aromatic N) is 1. The zero-order chi connectivity index (χ0) is 27.5. The van der Waals surface area contributed by atoms with Crippen molar-refractivity contribution < 1.29 is 37.9 Å². The summed E-state index contributed by atoms with van der Waals surface area (Å²) in [4.78, 5) is 16.0. The number of ether oxygens (including phenoxy) is 3. The molecule has 2 heterocycles. The first kappa shape index (κ1) is 27.0. The van der Waals surface area contributed by atoms with Crippen molar-refractivity contribution in [1.82, 2.24) is 4.57 Å². The standard InChI is InChI=1S/C28H24Cl2F2N2O5/c29-21-12-33-13-22(30)20(21)11-25(38-27(36)14-34-8-7-17-9-19(35)4-5-23(17)34)18-3-6-24(39-28(31)32)26(10-18)37-15-16-1-2-16/h3-10,12-13,16,25,28,35H,1-2,11,14-15H2/p+1/t25-/m0/s1. The van der Waals surface area contributed by atoms with Crippen molar-refractivity contribution in [1.29, 1.82) is 0 Å². The molecule has 0 saturated heterocycles. The van der Waals surface area contributed by atoms with Gasteiger partial charge in [-0.1, -0.05) is 29.3 Å². The number of alkyl halides is 2. The zero-order valence-corrected chi connectivity index (χ0v) is 22.1. The number of fused-ring (bicyclic) bond motifs is 1. The van der Waals surface area contributed by atoms with Crippen LogP contribution in [0.5, 0.6) is 17.2 Å². The van der Waals surface area contributed by atoms with E-state index in [0.717, 1.165) is 23.7 Å². The molecule has 2 N–H and O–H groups in total. The average molecular weight is 578 g/mol. The Balaban J connectivity index is 1.44. The van der Waals surface area contributed by atoms with Gasteiger partial charge >= 0.3 is 12.6 Å². The number of H-pyrrole nitrogens is 1. The minimum absolute atomic E-state index is 0.105. The van der Waals surface area contributed by atoms with Crippen molar-refractivity contribution in [2.45, 2.75) is 38.5 Å². The number of pyridine rings is 1. The van der Waals surface area contributed by atoms with Gasteiger partial charge in [-0.2, -0.15) is 8.78 Å². The van der Waals surface area contributed by atoms with Gasteiger partial charge in [-0.05, 0) is 60.7 Å². The minimum atomic E-state index is -3.02. The van der Waals surface area contributed by atoms with Crippen molar-refractivity contribution in [3.05, 3.63) is 82.2 Å². The van der Waals surface area contributed by atoms with Gasteiger partial charge in [0.15, 0.2) is 23.9 Å². The van der Waals surface area contributed by atoms with Gasteiger partial charge < -0.3 is 23.9 Å². The van der Waals surface area contributed by atoms with E-state index >= 15 is 0 Å². The monoisotopic (exact) mass is 577 g/mol. The summed E-state index contributed by atoms with van der Waals surface area (Å²) in [6.45, 7) is -2.76. The number of halogens is 4. The van der Waals surface area contributed by atoms with Gasteiger partial charge in [-0.3, -0.25) is 4.79 Å². The highest BCUT2D eigenvalue weighted by molar-refractivity contribution is 6.35. The SMILES string of the molecule is O=C(Cn1ccc2cc(O)ccc21)O[C@@H](Cc1c(Cl)c[nH+]cc1Cl)c1ccc(OC(F)F)c(OCC2CC2)c1. The molecule has 1 fully saturated rings. The predicted octanol–water partition coefficient (Wildman–Crippen LogP) is 6.39. The molecule has 1 aliphatic rings. The molecule has 204 valence electrons. The van der Waals surface area contributed by atoms with Crippen molar-refractivity contribution >= 4 is 40.1 Å². The highest BCUT2D eigenvalue weighted by Gasteiger charge is 2.26. The summed E-state index contributed by atoms with van der Waals surface area (Å²) >= 11 is 12.8. The molecule has 1 atom stereocenters. The maximum absolute atomic E-state index is 13.2. The molecular formula is C28H25Cl2F2N2O5+. The quantitative estimate of drug-likeness (QED) is 0.209. The van der Waals surface area contributed by atoms with Crippen LogP contribution in [-0.4, -0.2) is 28.9 Å². The molecule has 0 unspecified atom stereocenters. The number of aromatic hydroxyl groups is 1. The molecule has 2 aromatic carbocycles. The molecular weight excluding hydrogens is 553 g/mol. The number of carbonyl (C=O) groups excluding carboxylic acids is 1. The molecule has 5 rings (SSSR count). The van der Waals surface area contributed by atoms with E-state index in [9.17, 15) is 18.7 Å². The van der Waals surface area contributed by atoms with Gasteiger partial charge in [-0.25, -0.2) is 4.98 Å². The largest absolute Gasteiger partial charge is 0.508 e. The van der Waals surface area contributed by atoms with Crippen LogP contribution in [0.4, 0.5) is 8.78 Å². The van der Waals surface area contributed by atoms with Crippen molar-refractivity contribution in [3.63, 3.8) is 0 Å². The number of rotatable bonds is 11. The number of aromatic amines is 1. The van der Waals surface area contributed by atoms with E-state index in [-0.39, 0.29) is 30.2 Å². The van der Waals surface area contributed by atoms with E-state index in [0.29, 0.717) is 33.7 Å². The molecule has 7 nitrogen and oxygen atoms in total. The van der Waals surface area contributed by atoms with Crippen LogP contribution < -0.4 is 14.5 Å². The fraction of sp³-hybridized carbons (Fsp3) is 0.286. The highest BCUT2D eigenvalue weighted by Crippen LogP contribution is 2.38. The van der Waals surface area contributed by atoms with E-state index in [2.05, 4.69) is 9.72 Å². The Labute approximate surface area is 232 Å². The van der Waals surface area contributed by atoms with Crippen molar-refractivity contribution in [3.8, 4) is 17.2 Å². The first-order valence-electron chi connectivity index (χ1n) is 12.3. The van der Waals surface area contributed by atoms with Crippen LogP contribution in [0.3, 0.4) is 0 Å². The normalized spacial score (nSPS) is 14.0. The maximum atomic E-state index is 13.2. The van der Waals surface area contributed by atoms with Crippen molar-refractivity contribution in [2.75, 3.05) is 6.61 Å². The van der Waals surface area contributed by atoms with Crippen LogP contribution in [0.15, 0.2) is 61.1 Å². The number of nitrogens with one attached hydrogen (secondary N) is 1. The summed E-state index contributed by atoms with van der Waals surface area (Å²) in [5.74, 6) is -0.0231. The molecule has 0 spiro atoms. The van der Waals surface area contributed by atoms with Crippen LogP contribution in [-0.2, 0) is 22.5 Å². The lowest BCUT2D eigenvalue weighted by atomic mass is 10.0. The van der Waals surface area contributed by atoms with E-state index in [1.54, 1.807) is 53.5 Å². The number of phenols is 1. The van der Waals surface area contributed by atoms with E-state index in [1.807, 2.05) is 0 Å². The lowest BCUT2D eigenvalue weighted by Crippen LogP contribution is -2.19. The van der Waals surface area contributed by atoms with E-state index in [1.165, 1.54) is 12.1 Å². The Bertz CT molecular complexity index is 1470. The number of hydrogen-bond donors (Lipinski definition) is 1. The van der Waals surface area contributed by atoms with Gasteiger partial charge in [0.2, 0.25) is 0 Å². The molecule has 4 aromatic rings. The van der Waals surface area contributed by atoms with Crippen LogP contribution in [0.2, 0.25) is 10.0 Å². The molecule has 39 heavy (non-hydrogen) atoms. The topological polar surface area (TPSA) is 84.1 Å². The lowest BCUT2D eigenvalue weighted by molar-refractivity contribution is -0.377. The summed E-state index contributed by atoms with van der Waals surface area (Å²) in [6, 6.07) is 11.1. The first-order valence-corrected chi connectivity index (χ1v) is 13.1. The van der Waals surface area contributed by atoms with Crippen LogP contribution in [0, 0.1) is 5.92 Å². The predicted molar refractivity (Wildman–Crippen MR) is 140 cm³/mol. The van der Waals surface area contributed by atoms with Gasteiger partial charge in [-0.15, -0.1) is 0 Å². The Morgan fingerprint density at radius 3 is 2.56 bits per heavy atom. The Morgan fingerprint density at radius 1 is 1.08 bits per heavy atom. The van der Waals surface area contributed by atoms with E-state index in [4.69, 9.17) is 32.7 Å². The summed E-state index contributed by atoms with van der Waals surface area (Å²) in [5.41, 5.74) is 1.79. The summed E-state index contributed by atoms with van der Waals surface area (Å²) in [7, 11) is 0. The number of aromatic nitrogens is 2. The second-order valence-electron chi connectivity index (χ2n) is 9.34. The maximum Gasteiger partial charge on any atom is 0.387 e. The van der Waals surface area contributed by atoms with Crippen LogP contribution in [0.1, 0.15) is 30.1 Å². The molecule has 2 aromatic heterocycles. The Kier molecular flexibility index (Phi) is 8.09.